The molecule has 0 aliphatic heterocycles. The Labute approximate surface area is 148 Å². The van der Waals surface area contributed by atoms with Gasteiger partial charge >= 0.3 is 0 Å². The molecule has 2 rings (SSSR count). The smallest absolute Gasteiger partial charge is 0.270 e. The Morgan fingerprint density at radius 3 is 2.71 bits per heavy atom. The molecular weight excluding hydrogens is 350 g/mol. The maximum Gasteiger partial charge on any atom is 0.270 e. The van der Waals surface area contributed by atoms with Gasteiger partial charge in [0.1, 0.15) is 0 Å². The van der Waals surface area contributed by atoms with Crippen LogP contribution in [0.1, 0.15) is 12.5 Å². The summed E-state index contributed by atoms with van der Waals surface area (Å²) in [7, 11) is 0. The van der Waals surface area contributed by atoms with E-state index in [1.807, 2.05) is 30.3 Å². The van der Waals surface area contributed by atoms with Crippen molar-refractivity contribution < 1.29 is 9.72 Å². The number of carbonyl (C=O) groups is 1. The van der Waals surface area contributed by atoms with E-state index in [0.717, 1.165) is 4.90 Å². The molecule has 8 heteroatoms. The SMILES string of the molecule is C[C@H](Sc1ccccc1)C(=O)N/N=C\c1cc([N+](=O)[O-])ccc1Cl. The third kappa shape index (κ3) is 5.07. The van der Waals surface area contributed by atoms with Crippen molar-refractivity contribution in [3.8, 4) is 0 Å². The fourth-order valence-electron chi connectivity index (χ4n) is 1.76. The van der Waals surface area contributed by atoms with Crippen molar-refractivity contribution in [3.63, 3.8) is 0 Å². The first-order valence-corrected chi connectivity index (χ1v) is 8.21. The molecule has 0 spiro atoms. The molecule has 0 saturated heterocycles. The molecule has 0 aliphatic carbocycles. The highest BCUT2D eigenvalue weighted by Crippen LogP contribution is 2.23. The standard InChI is InChI=1S/C16H14ClN3O3S/c1-11(24-14-5-3-2-4-6-14)16(21)19-18-10-12-9-13(20(22)23)7-8-15(12)17/h2-11H,1H3,(H,19,21)/b18-10-/t11-/m0/s1. The number of amides is 1. The fraction of sp³-hybridized carbons (Fsp3) is 0.125. The molecule has 2 aromatic rings. The molecule has 0 fully saturated rings. The second-order valence-electron chi connectivity index (χ2n) is 4.77. The molecular formula is C16H14ClN3O3S. The zero-order valence-corrected chi connectivity index (χ0v) is 14.3. The summed E-state index contributed by atoms with van der Waals surface area (Å²) in [4.78, 5) is 23.2. The summed E-state index contributed by atoms with van der Waals surface area (Å²) in [5, 5.41) is 14.5. The van der Waals surface area contributed by atoms with Crippen molar-refractivity contribution >= 4 is 41.2 Å². The molecule has 0 heterocycles. The van der Waals surface area contributed by atoms with Crippen LogP contribution in [0.15, 0.2) is 58.5 Å². The molecule has 0 saturated carbocycles. The van der Waals surface area contributed by atoms with Crippen LogP contribution in [0, 0.1) is 10.1 Å². The topological polar surface area (TPSA) is 84.6 Å². The van der Waals surface area contributed by atoms with E-state index in [0.29, 0.717) is 10.6 Å². The van der Waals surface area contributed by atoms with Gasteiger partial charge in [-0.3, -0.25) is 14.9 Å². The maximum atomic E-state index is 12.0. The lowest BCUT2D eigenvalue weighted by atomic mass is 10.2. The lowest BCUT2D eigenvalue weighted by molar-refractivity contribution is -0.384. The number of nitrogens with one attached hydrogen (secondary N) is 1. The highest BCUT2D eigenvalue weighted by Gasteiger charge is 2.13. The second-order valence-corrected chi connectivity index (χ2v) is 6.59. The Morgan fingerprint density at radius 1 is 1.33 bits per heavy atom. The van der Waals surface area contributed by atoms with E-state index in [1.54, 1.807) is 6.92 Å². The average Bonchev–Trinajstić information content (AvgIpc) is 2.57. The van der Waals surface area contributed by atoms with Gasteiger partial charge in [0, 0.05) is 27.6 Å². The van der Waals surface area contributed by atoms with Crippen molar-refractivity contribution in [2.75, 3.05) is 0 Å². The molecule has 24 heavy (non-hydrogen) atoms. The van der Waals surface area contributed by atoms with Crippen molar-refractivity contribution in [2.45, 2.75) is 17.1 Å². The summed E-state index contributed by atoms with van der Waals surface area (Å²) < 4.78 is 0. The number of nitro groups is 1. The molecule has 6 nitrogen and oxygen atoms in total. The normalized spacial score (nSPS) is 12.1. The highest BCUT2D eigenvalue weighted by atomic mass is 35.5. The lowest BCUT2D eigenvalue weighted by Gasteiger charge is -2.09. The maximum absolute atomic E-state index is 12.0. The summed E-state index contributed by atoms with van der Waals surface area (Å²) in [6.07, 6.45) is 1.28. The van der Waals surface area contributed by atoms with E-state index >= 15 is 0 Å². The summed E-state index contributed by atoms with van der Waals surface area (Å²) in [5.74, 6) is -0.276. The van der Waals surface area contributed by atoms with Crippen LogP contribution in [0.4, 0.5) is 5.69 Å². The number of non-ortho nitro benzene ring substituents is 1. The number of benzene rings is 2. The van der Waals surface area contributed by atoms with E-state index in [4.69, 9.17) is 11.6 Å². The first-order chi connectivity index (χ1) is 11.5. The molecule has 124 valence electrons. The first-order valence-electron chi connectivity index (χ1n) is 6.96. The van der Waals surface area contributed by atoms with Crippen molar-refractivity contribution in [1.29, 1.82) is 0 Å². The zero-order valence-electron chi connectivity index (χ0n) is 12.7. The quantitative estimate of drug-likeness (QED) is 0.365. The Kier molecular flexibility index (Phi) is 6.34. The Bertz CT molecular complexity index is 768. The third-order valence-electron chi connectivity index (χ3n) is 2.99. The van der Waals surface area contributed by atoms with Gasteiger partial charge in [-0.15, -0.1) is 11.8 Å². The molecule has 0 radical (unpaired) electrons. The van der Waals surface area contributed by atoms with Gasteiger partial charge in [0.2, 0.25) is 0 Å². The van der Waals surface area contributed by atoms with Gasteiger partial charge in [0.05, 0.1) is 16.4 Å². The molecule has 0 bridgehead atoms. The molecule has 0 unspecified atom stereocenters. The molecule has 2 aromatic carbocycles. The Balaban J connectivity index is 1.97. The zero-order chi connectivity index (χ0) is 17.5. The van der Waals surface area contributed by atoms with Gasteiger partial charge in [-0.25, -0.2) is 5.43 Å². The number of halogens is 1. The van der Waals surface area contributed by atoms with Crippen LogP contribution in [0.3, 0.4) is 0 Å². The van der Waals surface area contributed by atoms with Gasteiger partial charge in [0.25, 0.3) is 11.6 Å². The Hall–Kier alpha value is -2.38. The highest BCUT2D eigenvalue weighted by molar-refractivity contribution is 8.00. The van der Waals surface area contributed by atoms with Crippen LogP contribution >= 0.6 is 23.4 Å². The van der Waals surface area contributed by atoms with E-state index in [9.17, 15) is 14.9 Å². The van der Waals surface area contributed by atoms with E-state index in [2.05, 4.69) is 10.5 Å². The molecule has 0 aromatic heterocycles. The minimum absolute atomic E-state index is 0.0971. The second kappa shape index (κ2) is 8.47. The number of thioether (sulfide) groups is 1. The number of carbonyl (C=O) groups excluding carboxylic acids is 1. The predicted octanol–water partition coefficient (Wildman–Crippen LogP) is 3.88. The number of hydrazone groups is 1. The average molecular weight is 364 g/mol. The Morgan fingerprint density at radius 2 is 2.04 bits per heavy atom. The van der Waals surface area contributed by atoms with E-state index in [1.165, 1.54) is 36.2 Å². The third-order valence-corrected chi connectivity index (χ3v) is 4.45. The molecule has 1 N–H and O–H groups in total. The predicted molar refractivity (Wildman–Crippen MR) is 95.6 cm³/mol. The summed E-state index contributed by atoms with van der Waals surface area (Å²) >= 11 is 7.36. The van der Waals surface area contributed by atoms with Crippen LogP contribution in [-0.2, 0) is 4.79 Å². The first kappa shape index (κ1) is 18.0. The minimum Gasteiger partial charge on any atom is -0.272 e. The summed E-state index contributed by atoms with van der Waals surface area (Å²) in [5.41, 5.74) is 2.67. The van der Waals surface area contributed by atoms with Crippen LogP contribution in [-0.4, -0.2) is 22.3 Å². The van der Waals surface area contributed by atoms with Crippen LogP contribution in [0.5, 0.6) is 0 Å². The summed E-state index contributed by atoms with van der Waals surface area (Å²) in [6.45, 7) is 1.77. The van der Waals surface area contributed by atoms with Gasteiger partial charge in [-0.05, 0) is 25.1 Å². The molecule has 0 aliphatic rings. The van der Waals surface area contributed by atoms with Crippen LogP contribution < -0.4 is 5.43 Å². The van der Waals surface area contributed by atoms with Crippen molar-refractivity contribution in [2.24, 2.45) is 5.10 Å². The molecule has 1 atom stereocenters. The van der Waals surface area contributed by atoms with Crippen LogP contribution in [0.2, 0.25) is 5.02 Å². The lowest BCUT2D eigenvalue weighted by Crippen LogP contribution is -2.26. The van der Waals surface area contributed by atoms with Crippen molar-refractivity contribution in [1.82, 2.24) is 5.43 Å². The number of nitrogens with zero attached hydrogens (tertiary/aromatic N) is 2. The van der Waals surface area contributed by atoms with E-state index in [-0.39, 0.29) is 16.8 Å². The van der Waals surface area contributed by atoms with Gasteiger partial charge < -0.3 is 0 Å². The molecule has 1 amide bonds. The monoisotopic (exact) mass is 363 g/mol. The van der Waals surface area contributed by atoms with E-state index < -0.39 is 4.92 Å². The minimum atomic E-state index is -0.523. The van der Waals surface area contributed by atoms with Crippen LogP contribution in [0.25, 0.3) is 0 Å². The number of rotatable bonds is 6. The largest absolute Gasteiger partial charge is 0.272 e. The number of nitro benzene ring substituents is 1. The van der Waals surface area contributed by atoms with Gasteiger partial charge in [-0.2, -0.15) is 5.10 Å². The number of hydrogen-bond acceptors (Lipinski definition) is 5. The van der Waals surface area contributed by atoms with Gasteiger partial charge in [-0.1, -0.05) is 29.8 Å². The fourth-order valence-corrected chi connectivity index (χ4v) is 2.81. The van der Waals surface area contributed by atoms with Crippen molar-refractivity contribution in [3.05, 3.63) is 69.2 Å². The summed E-state index contributed by atoms with van der Waals surface area (Å²) in [6, 6.07) is 13.5. The number of hydrogen-bond donors (Lipinski definition) is 1. The van der Waals surface area contributed by atoms with Gasteiger partial charge in [0.15, 0.2) is 0 Å².